The van der Waals surface area contributed by atoms with Crippen LogP contribution in [0.5, 0.6) is 11.5 Å². The van der Waals surface area contributed by atoms with Crippen LogP contribution in [0.1, 0.15) is 16.7 Å². The molecule has 3 rings (SSSR count). The van der Waals surface area contributed by atoms with Gasteiger partial charge in [0.2, 0.25) is 0 Å². The van der Waals surface area contributed by atoms with E-state index in [2.05, 4.69) is 0 Å². The van der Waals surface area contributed by atoms with Gasteiger partial charge >= 0.3 is 0 Å². The van der Waals surface area contributed by atoms with Gasteiger partial charge in [0.25, 0.3) is 0 Å². The molecule has 0 amide bonds. The van der Waals surface area contributed by atoms with E-state index in [0.29, 0.717) is 0 Å². The van der Waals surface area contributed by atoms with Gasteiger partial charge in [-0.3, -0.25) is 0 Å². The summed E-state index contributed by atoms with van der Waals surface area (Å²) in [4.78, 5) is 0. The fraction of sp³-hybridized carbons (Fsp3) is 0.143. The van der Waals surface area contributed by atoms with Crippen LogP contribution in [0.15, 0.2) is 78.9 Å². The molecule has 0 aliphatic carbocycles. The lowest BCUT2D eigenvalue weighted by molar-refractivity contribution is 0.414. The van der Waals surface area contributed by atoms with Crippen molar-refractivity contribution in [2.45, 2.75) is 5.54 Å². The molecule has 3 nitrogen and oxygen atoms in total. The molecule has 0 bridgehead atoms. The number of benzene rings is 3. The lowest BCUT2D eigenvalue weighted by Crippen LogP contribution is -2.30. The average molecular weight is 318 g/mol. The van der Waals surface area contributed by atoms with Gasteiger partial charge in [-0.1, -0.05) is 54.6 Å². The highest BCUT2D eigenvalue weighted by Crippen LogP contribution is 2.37. The van der Waals surface area contributed by atoms with E-state index >= 15 is 0 Å². The Hall–Kier alpha value is -2.78. The lowest BCUT2D eigenvalue weighted by atomic mass is 9.78. The highest BCUT2D eigenvalue weighted by atomic mass is 16.5. The monoisotopic (exact) mass is 318 g/mol. The maximum absolute atomic E-state index is 9.32. The summed E-state index contributed by atoms with van der Waals surface area (Å²) in [6, 6.07) is 25.2. The summed E-state index contributed by atoms with van der Waals surface area (Å²) in [5.74, 6) is 1.56. The molecule has 0 aliphatic heterocycles. The van der Waals surface area contributed by atoms with E-state index in [0.717, 1.165) is 28.2 Å². The highest BCUT2D eigenvalue weighted by Gasteiger charge is 2.32. The zero-order valence-corrected chi connectivity index (χ0v) is 13.8. The average Bonchev–Trinajstić information content (AvgIpc) is 2.68. The van der Waals surface area contributed by atoms with Crippen molar-refractivity contribution < 1.29 is 9.47 Å². The number of rotatable bonds is 5. The van der Waals surface area contributed by atoms with Crippen LogP contribution in [-0.4, -0.2) is 14.2 Å². The molecule has 0 fully saturated rings. The van der Waals surface area contributed by atoms with Gasteiger partial charge in [0.15, 0.2) is 0 Å². The Labute approximate surface area is 142 Å². The minimum absolute atomic E-state index is 0.781. The van der Waals surface area contributed by atoms with Gasteiger partial charge in [0, 0.05) is 0 Å². The Balaban J connectivity index is 2.16. The second-order valence-electron chi connectivity index (χ2n) is 5.57. The van der Waals surface area contributed by atoms with E-state index in [9.17, 15) is 5.73 Å². The predicted octanol–water partition coefficient (Wildman–Crippen LogP) is 4.28. The van der Waals surface area contributed by atoms with E-state index < -0.39 is 5.54 Å². The van der Waals surface area contributed by atoms with Crippen molar-refractivity contribution in [3.8, 4) is 11.5 Å². The Morgan fingerprint density at radius 1 is 0.583 bits per heavy atom. The van der Waals surface area contributed by atoms with Crippen LogP contribution in [0, 0.1) is 0 Å². The summed E-state index contributed by atoms with van der Waals surface area (Å²) in [5.41, 5.74) is 11.0. The minimum atomic E-state index is -1.00. The molecule has 1 radical (unpaired) electrons. The molecule has 0 aromatic heterocycles. The molecule has 3 heteroatoms. The van der Waals surface area contributed by atoms with Crippen LogP contribution in [-0.2, 0) is 5.54 Å². The summed E-state index contributed by atoms with van der Waals surface area (Å²) >= 11 is 0. The maximum Gasteiger partial charge on any atom is 0.118 e. The fourth-order valence-electron chi connectivity index (χ4n) is 2.87. The number of ether oxygens (including phenoxy) is 2. The van der Waals surface area contributed by atoms with Gasteiger partial charge in [-0.2, -0.15) is 0 Å². The lowest BCUT2D eigenvalue weighted by Gasteiger charge is -2.30. The topological polar surface area (TPSA) is 42.3 Å². The SMILES string of the molecule is COc1ccc(C([NH])(c2ccccc2)c2ccc(OC)cc2)cc1. The first-order valence-corrected chi connectivity index (χ1v) is 7.78. The van der Waals surface area contributed by atoms with Crippen LogP contribution in [0.3, 0.4) is 0 Å². The quantitative estimate of drug-likeness (QED) is 0.659. The van der Waals surface area contributed by atoms with E-state index in [1.54, 1.807) is 14.2 Å². The van der Waals surface area contributed by atoms with Crippen molar-refractivity contribution in [2.75, 3.05) is 14.2 Å². The molecule has 0 heterocycles. The van der Waals surface area contributed by atoms with Crippen LogP contribution in [0.25, 0.3) is 0 Å². The number of methoxy groups -OCH3 is 2. The van der Waals surface area contributed by atoms with E-state index in [-0.39, 0.29) is 0 Å². The molecule has 3 aromatic rings. The molecule has 0 saturated carbocycles. The first kappa shape index (κ1) is 16.1. The van der Waals surface area contributed by atoms with Crippen molar-refractivity contribution in [2.24, 2.45) is 0 Å². The summed E-state index contributed by atoms with van der Waals surface area (Å²) in [6.07, 6.45) is 0. The van der Waals surface area contributed by atoms with Crippen molar-refractivity contribution in [3.63, 3.8) is 0 Å². The van der Waals surface area contributed by atoms with Crippen LogP contribution in [0.2, 0.25) is 0 Å². The third-order valence-electron chi connectivity index (χ3n) is 4.25. The molecule has 1 N–H and O–H groups in total. The second kappa shape index (κ2) is 6.77. The van der Waals surface area contributed by atoms with Crippen LogP contribution >= 0.6 is 0 Å². The summed E-state index contributed by atoms with van der Waals surface area (Å²) < 4.78 is 10.5. The van der Waals surface area contributed by atoms with Gasteiger partial charge in [0.05, 0.1) is 14.2 Å². The number of hydrogen-bond donors (Lipinski definition) is 0. The molecular formula is C21H20NO2. The van der Waals surface area contributed by atoms with Crippen LogP contribution in [0.4, 0.5) is 0 Å². The van der Waals surface area contributed by atoms with Gasteiger partial charge in [0.1, 0.15) is 17.0 Å². The Kier molecular flexibility index (Phi) is 4.54. The summed E-state index contributed by atoms with van der Waals surface area (Å²) in [7, 11) is 3.28. The maximum atomic E-state index is 9.32. The van der Waals surface area contributed by atoms with Crippen LogP contribution < -0.4 is 15.2 Å². The van der Waals surface area contributed by atoms with Gasteiger partial charge in [-0.25, -0.2) is 5.73 Å². The summed E-state index contributed by atoms with van der Waals surface area (Å²) in [6.45, 7) is 0. The first-order valence-electron chi connectivity index (χ1n) is 7.78. The largest absolute Gasteiger partial charge is 0.497 e. The standard InChI is InChI=1S/C21H20NO2/c1-23-19-12-8-17(9-13-19)21(22,16-6-4-3-5-7-16)18-10-14-20(24-2)15-11-18/h3-15,22H,1-2H3. The predicted molar refractivity (Wildman–Crippen MR) is 95.4 cm³/mol. The van der Waals surface area contributed by atoms with Gasteiger partial charge in [-0.15, -0.1) is 0 Å². The first-order chi connectivity index (χ1) is 11.7. The van der Waals surface area contributed by atoms with Crippen molar-refractivity contribution >= 4 is 0 Å². The number of nitrogens with one attached hydrogen (secondary N) is 1. The highest BCUT2D eigenvalue weighted by molar-refractivity contribution is 5.50. The fourth-order valence-corrected chi connectivity index (χ4v) is 2.87. The molecule has 0 atom stereocenters. The Bertz CT molecular complexity index is 733. The van der Waals surface area contributed by atoms with Crippen molar-refractivity contribution in [1.82, 2.24) is 5.73 Å². The summed E-state index contributed by atoms with van der Waals surface area (Å²) in [5, 5.41) is 0. The molecule has 0 saturated heterocycles. The zero-order valence-electron chi connectivity index (χ0n) is 13.8. The van der Waals surface area contributed by atoms with Gasteiger partial charge < -0.3 is 9.47 Å². The van der Waals surface area contributed by atoms with Crippen molar-refractivity contribution in [1.29, 1.82) is 0 Å². The molecular weight excluding hydrogens is 298 g/mol. The normalized spacial score (nSPS) is 11.1. The minimum Gasteiger partial charge on any atom is -0.497 e. The molecule has 3 aromatic carbocycles. The second-order valence-corrected chi connectivity index (χ2v) is 5.57. The molecule has 0 unspecified atom stereocenters. The van der Waals surface area contributed by atoms with Crippen molar-refractivity contribution in [3.05, 3.63) is 95.6 Å². The zero-order chi connectivity index (χ0) is 17.0. The van der Waals surface area contributed by atoms with E-state index in [4.69, 9.17) is 9.47 Å². The molecule has 24 heavy (non-hydrogen) atoms. The van der Waals surface area contributed by atoms with E-state index in [1.165, 1.54) is 0 Å². The van der Waals surface area contributed by atoms with E-state index in [1.807, 2.05) is 78.9 Å². The number of hydrogen-bond acceptors (Lipinski definition) is 2. The Morgan fingerprint density at radius 3 is 1.33 bits per heavy atom. The Morgan fingerprint density at radius 2 is 0.958 bits per heavy atom. The molecule has 0 aliphatic rings. The molecule has 0 spiro atoms. The third-order valence-corrected chi connectivity index (χ3v) is 4.25. The smallest absolute Gasteiger partial charge is 0.118 e. The van der Waals surface area contributed by atoms with Gasteiger partial charge in [-0.05, 0) is 41.0 Å². The third kappa shape index (κ3) is 2.86. The molecule has 121 valence electrons.